The molecule has 0 saturated carbocycles. The maximum Gasteiger partial charge on any atom is 0.300 e. The van der Waals surface area contributed by atoms with Crippen LogP contribution in [0.15, 0.2) is 59.5 Å². The number of amides is 1. The van der Waals surface area contributed by atoms with Crippen molar-refractivity contribution in [3.63, 3.8) is 0 Å². The molecule has 1 saturated heterocycles. The van der Waals surface area contributed by atoms with Crippen molar-refractivity contribution in [1.82, 2.24) is 0 Å². The summed E-state index contributed by atoms with van der Waals surface area (Å²) in [5.41, 5.74) is 3.01. The number of rotatable bonds is 3. The van der Waals surface area contributed by atoms with Gasteiger partial charge in [-0.25, -0.2) is 0 Å². The summed E-state index contributed by atoms with van der Waals surface area (Å²) in [5, 5.41) is 13.2. The lowest BCUT2D eigenvalue weighted by Gasteiger charge is -2.25. The van der Waals surface area contributed by atoms with Gasteiger partial charge >= 0.3 is 0 Å². The second-order valence-corrected chi connectivity index (χ2v) is 8.78. The van der Waals surface area contributed by atoms with E-state index in [0.29, 0.717) is 36.0 Å². The first-order chi connectivity index (χ1) is 15.5. The Bertz CT molecular complexity index is 1270. The molecule has 1 N–H and O–H groups in total. The lowest BCUT2D eigenvalue weighted by molar-refractivity contribution is -0.132. The summed E-state index contributed by atoms with van der Waals surface area (Å²) in [7, 11) is 0. The lowest BCUT2D eigenvalue weighted by atomic mass is 9.98. The molecule has 3 heterocycles. The highest BCUT2D eigenvalue weighted by Gasteiger charge is 2.48. The van der Waals surface area contributed by atoms with Gasteiger partial charge in [-0.05, 0) is 66.8 Å². The van der Waals surface area contributed by atoms with E-state index in [4.69, 9.17) is 9.47 Å². The number of benzene rings is 2. The molecule has 2 aromatic carbocycles. The molecule has 1 atom stereocenters. The number of aliphatic hydroxyl groups excluding tert-OH is 1. The van der Waals surface area contributed by atoms with Gasteiger partial charge in [0.15, 0.2) is 11.5 Å². The van der Waals surface area contributed by atoms with Crippen LogP contribution in [0.4, 0.5) is 5.69 Å². The smallest absolute Gasteiger partial charge is 0.300 e. The van der Waals surface area contributed by atoms with Crippen LogP contribution in [-0.4, -0.2) is 30.0 Å². The Labute approximate surface area is 189 Å². The molecule has 3 aromatic rings. The number of thiophene rings is 1. The molecule has 2 aliphatic rings. The van der Waals surface area contributed by atoms with E-state index in [0.717, 1.165) is 16.0 Å². The minimum Gasteiger partial charge on any atom is -0.507 e. The second-order valence-electron chi connectivity index (χ2n) is 7.83. The molecule has 1 unspecified atom stereocenters. The van der Waals surface area contributed by atoms with E-state index in [-0.39, 0.29) is 11.3 Å². The number of anilines is 1. The Morgan fingerprint density at radius 1 is 1.03 bits per heavy atom. The fourth-order valence-corrected chi connectivity index (χ4v) is 5.16. The van der Waals surface area contributed by atoms with E-state index in [1.165, 1.54) is 16.2 Å². The molecule has 2 aliphatic heterocycles. The number of carbonyl (C=O) groups excluding carboxylic acids is 2. The molecule has 0 bridgehead atoms. The normalized spacial score (nSPS) is 19.4. The standard InChI is InChI=1S/C25H21NO5S/c1-14-4-3-5-17(12-14)26-21(24-15(2)8-11-32-24)20(23(28)25(26)29)22(27)16-6-7-18-19(13-16)31-10-9-30-18/h3-8,11-13,21,27H,9-10H2,1-2H3/b22-20-. The molecule has 5 rings (SSSR count). The van der Waals surface area contributed by atoms with Gasteiger partial charge in [-0.3, -0.25) is 14.5 Å². The van der Waals surface area contributed by atoms with Gasteiger partial charge in [0.25, 0.3) is 11.7 Å². The summed E-state index contributed by atoms with van der Waals surface area (Å²) in [6.07, 6.45) is 0. The largest absolute Gasteiger partial charge is 0.507 e. The summed E-state index contributed by atoms with van der Waals surface area (Å²) in [6, 6.07) is 13.7. The van der Waals surface area contributed by atoms with E-state index in [1.54, 1.807) is 24.3 Å². The van der Waals surface area contributed by atoms with Crippen LogP contribution in [0.25, 0.3) is 5.76 Å². The highest BCUT2D eigenvalue weighted by atomic mass is 32.1. The molecule has 6 nitrogen and oxygen atoms in total. The van der Waals surface area contributed by atoms with Gasteiger partial charge in [0, 0.05) is 16.1 Å². The first-order valence-electron chi connectivity index (χ1n) is 10.3. The number of hydrogen-bond acceptors (Lipinski definition) is 6. The van der Waals surface area contributed by atoms with Crippen molar-refractivity contribution in [3.8, 4) is 11.5 Å². The predicted octanol–water partition coefficient (Wildman–Crippen LogP) is 4.76. The number of Topliss-reactive ketones (excluding diaryl/α,β-unsaturated/α-hetero) is 1. The average molecular weight is 448 g/mol. The van der Waals surface area contributed by atoms with Crippen molar-refractivity contribution in [2.45, 2.75) is 19.9 Å². The zero-order chi connectivity index (χ0) is 22.4. The number of aliphatic hydroxyl groups is 1. The van der Waals surface area contributed by atoms with Crippen molar-refractivity contribution in [1.29, 1.82) is 0 Å². The monoisotopic (exact) mass is 447 g/mol. The van der Waals surface area contributed by atoms with Crippen LogP contribution in [-0.2, 0) is 9.59 Å². The van der Waals surface area contributed by atoms with Crippen molar-refractivity contribution < 1.29 is 24.2 Å². The van der Waals surface area contributed by atoms with E-state index in [1.807, 2.05) is 43.5 Å². The number of fused-ring (bicyclic) bond motifs is 1. The van der Waals surface area contributed by atoms with Gasteiger partial charge in [0.1, 0.15) is 25.0 Å². The molecule has 0 radical (unpaired) electrons. The van der Waals surface area contributed by atoms with E-state index in [9.17, 15) is 14.7 Å². The number of aryl methyl sites for hydroxylation is 2. The molecule has 0 spiro atoms. The van der Waals surface area contributed by atoms with Crippen molar-refractivity contribution in [2.24, 2.45) is 0 Å². The van der Waals surface area contributed by atoms with E-state index in [2.05, 4.69) is 0 Å². The highest BCUT2D eigenvalue weighted by Crippen LogP contribution is 2.45. The van der Waals surface area contributed by atoms with E-state index >= 15 is 0 Å². The van der Waals surface area contributed by atoms with Gasteiger partial charge in [0.05, 0.1) is 5.57 Å². The second kappa shape index (κ2) is 7.84. The Morgan fingerprint density at radius 2 is 1.81 bits per heavy atom. The van der Waals surface area contributed by atoms with Crippen LogP contribution in [0, 0.1) is 13.8 Å². The van der Waals surface area contributed by atoms with Gasteiger partial charge in [-0.2, -0.15) is 0 Å². The fraction of sp³-hybridized carbons (Fsp3) is 0.200. The van der Waals surface area contributed by atoms with Gasteiger partial charge < -0.3 is 14.6 Å². The van der Waals surface area contributed by atoms with E-state index < -0.39 is 17.7 Å². The molecule has 1 amide bonds. The minimum absolute atomic E-state index is 0.0683. The Hall–Kier alpha value is -3.58. The first kappa shape index (κ1) is 20.3. The number of ether oxygens (including phenoxy) is 2. The summed E-state index contributed by atoms with van der Waals surface area (Å²) in [6.45, 7) is 4.73. The Morgan fingerprint density at radius 3 is 2.53 bits per heavy atom. The Kier molecular flexibility index (Phi) is 4.98. The van der Waals surface area contributed by atoms with Crippen molar-refractivity contribution in [3.05, 3.63) is 81.1 Å². The maximum atomic E-state index is 13.2. The van der Waals surface area contributed by atoms with Crippen molar-refractivity contribution >= 4 is 34.5 Å². The quantitative estimate of drug-likeness (QED) is 0.356. The average Bonchev–Trinajstić information content (AvgIpc) is 3.33. The zero-order valence-electron chi connectivity index (χ0n) is 17.6. The molecule has 162 valence electrons. The molecule has 0 aliphatic carbocycles. The zero-order valence-corrected chi connectivity index (χ0v) is 18.4. The number of ketones is 1. The van der Waals surface area contributed by atoms with Crippen LogP contribution < -0.4 is 14.4 Å². The van der Waals surface area contributed by atoms with Crippen LogP contribution in [0.5, 0.6) is 11.5 Å². The van der Waals surface area contributed by atoms with Crippen molar-refractivity contribution in [2.75, 3.05) is 18.1 Å². The van der Waals surface area contributed by atoms with Gasteiger partial charge in [-0.15, -0.1) is 11.3 Å². The number of hydrogen-bond donors (Lipinski definition) is 1. The summed E-state index contributed by atoms with van der Waals surface area (Å²) < 4.78 is 11.2. The number of nitrogens with zero attached hydrogens (tertiary/aromatic N) is 1. The molecule has 1 aromatic heterocycles. The summed E-state index contributed by atoms with van der Waals surface area (Å²) in [4.78, 5) is 28.8. The van der Waals surface area contributed by atoms with Gasteiger partial charge in [0.2, 0.25) is 0 Å². The van der Waals surface area contributed by atoms with Gasteiger partial charge in [-0.1, -0.05) is 12.1 Å². The first-order valence-corrected chi connectivity index (χ1v) is 11.2. The summed E-state index contributed by atoms with van der Waals surface area (Å²) in [5.74, 6) is -0.520. The highest BCUT2D eigenvalue weighted by molar-refractivity contribution is 7.10. The van der Waals surface area contributed by atoms with Crippen LogP contribution in [0.2, 0.25) is 0 Å². The van der Waals surface area contributed by atoms with Crippen LogP contribution >= 0.6 is 11.3 Å². The molecule has 7 heteroatoms. The molecule has 1 fully saturated rings. The predicted molar refractivity (Wildman–Crippen MR) is 122 cm³/mol. The summed E-state index contributed by atoms with van der Waals surface area (Å²) >= 11 is 1.46. The fourth-order valence-electron chi connectivity index (χ4n) is 4.14. The number of carbonyl (C=O) groups is 2. The topological polar surface area (TPSA) is 76.1 Å². The molecule has 32 heavy (non-hydrogen) atoms. The van der Waals surface area contributed by atoms with Crippen LogP contribution in [0.3, 0.4) is 0 Å². The van der Waals surface area contributed by atoms with Crippen LogP contribution in [0.1, 0.15) is 27.6 Å². The minimum atomic E-state index is -0.718. The molecular formula is C25H21NO5S. The Balaban J connectivity index is 1.70. The maximum absolute atomic E-state index is 13.2. The third kappa shape index (κ3) is 3.26. The molecular weight excluding hydrogens is 426 g/mol. The SMILES string of the molecule is Cc1cccc(N2C(=O)C(=O)/C(=C(\O)c3ccc4c(c3)OCCO4)C2c2sccc2C)c1. The third-order valence-electron chi connectivity index (χ3n) is 5.69. The lowest BCUT2D eigenvalue weighted by Crippen LogP contribution is -2.29. The third-order valence-corrected chi connectivity index (χ3v) is 6.76.